The van der Waals surface area contributed by atoms with Gasteiger partial charge < -0.3 is 20.3 Å². The van der Waals surface area contributed by atoms with Crippen LogP contribution in [0.1, 0.15) is 23.2 Å². The maximum Gasteiger partial charge on any atom is 0.254 e. The van der Waals surface area contributed by atoms with E-state index in [0.29, 0.717) is 13.1 Å². The summed E-state index contributed by atoms with van der Waals surface area (Å²) in [4.78, 5) is 18.5. The molecule has 1 amide bonds. The van der Waals surface area contributed by atoms with Crippen molar-refractivity contribution in [1.29, 1.82) is 0 Å². The van der Waals surface area contributed by atoms with Crippen LogP contribution in [0.15, 0.2) is 29.3 Å². The lowest BCUT2D eigenvalue weighted by Gasteiger charge is -2.25. The number of nitrogens with zero attached hydrogens (tertiary/aromatic N) is 2. The molecular formula is C18H25FN4O2. The lowest BCUT2D eigenvalue weighted by atomic mass is 9.87. The molecule has 1 atom stereocenters. The van der Waals surface area contributed by atoms with Gasteiger partial charge in [-0.15, -0.1) is 0 Å². The first kappa shape index (κ1) is 17.7. The molecule has 7 heteroatoms. The van der Waals surface area contributed by atoms with Crippen molar-refractivity contribution in [3.8, 4) is 0 Å². The number of aliphatic imine (C=N–C) groups is 1. The van der Waals surface area contributed by atoms with Crippen LogP contribution in [0.3, 0.4) is 0 Å². The van der Waals surface area contributed by atoms with E-state index in [9.17, 15) is 9.18 Å². The highest BCUT2D eigenvalue weighted by molar-refractivity contribution is 5.94. The van der Waals surface area contributed by atoms with Crippen molar-refractivity contribution in [2.24, 2.45) is 10.4 Å². The Morgan fingerprint density at radius 3 is 2.84 bits per heavy atom. The van der Waals surface area contributed by atoms with Crippen molar-refractivity contribution < 1.29 is 13.9 Å². The monoisotopic (exact) mass is 348 g/mol. The molecule has 2 aliphatic heterocycles. The Kier molecular flexibility index (Phi) is 5.53. The van der Waals surface area contributed by atoms with E-state index in [1.807, 2.05) is 0 Å². The Hall–Kier alpha value is -2.15. The first-order valence-corrected chi connectivity index (χ1v) is 8.70. The highest BCUT2D eigenvalue weighted by atomic mass is 19.1. The van der Waals surface area contributed by atoms with Crippen LogP contribution in [-0.2, 0) is 4.74 Å². The van der Waals surface area contributed by atoms with Crippen LogP contribution in [-0.4, -0.2) is 63.2 Å². The highest BCUT2D eigenvalue weighted by Gasteiger charge is 2.42. The Morgan fingerprint density at radius 1 is 1.32 bits per heavy atom. The Labute approximate surface area is 147 Å². The summed E-state index contributed by atoms with van der Waals surface area (Å²) < 4.78 is 19.1. The minimum absolute atomic E-state index is 0.0644. The van der Waals surface area contributed by atoms with Gasteiger partial charge in [-0.2, -0.15) is 0 Å². The SMILES string of the molecule is CN=C(NCCNC(=O)c1ccccc1F)N1CCC2(CCOC2)C1. The molecule has 6 nitrogen and oxygen atoms in total. The second kappa shape index (κ2) is 7.82. The summed E-state index contributed by atoms with van der Waals surface area (Å²) in [5.74, 6) is -0.0769. The number of halogens is 1. The fourth-order valence-corrected chi connectivity index (χ4v) is 3.51. The Bertz CT molecular complexity index is 644. The largest absolute Gasteiger partial charge is 0.381 e. The van der Waals surface area contributed by atoms with E-state index in [2.05, 4.69) is 20.5 Å². The number of hydrogen-bond acceptors (Lipinski definition) is 3. The Morgan fingerprint density at radius 2 is 2.12 bits per heavy atom. The number of carbonyl (C=O) groups is 1. The van der Waals surface area contributed by atoms with Gasteiger partial charge in [-0.1, -0.05) is 12.1 Å². The molecule has 2 fully saturated rings. The van der Waals surface area contributed by atoms with Gasteiger partial charge in [-0.25, -0.2) is 4.39 Å². The number of amides is 1. The van der Waals surface area contributed by atoms with Crippen LogP contribution in [0.4, 0.5) is 4.39 Å². The van der Waals surface area contributed by atoms with E-state index in [0.717, 1.165) is 45.1 Å². The topological polar surface area (TPSA) is 66.0 Å². The van der Waals surface area contributed by atoms with Crippen molar-refractivity contribution in [2.45, 2.75) is 12.8 Å². The second-order valence-corrected chi connectivity index (χ2v) is 6.68. The first-order valence-electron chi connectivity index (χ1n) is 8.70. The smallest absolute Gasteiger partial charge is 0.254 e. The van der Waals surface area contributed by atoms with Crippen LogP contribution in [0.2, 0.25) is 0 Å². The molecule has 1 aromatic carbocycles. The third-order valence-corrected chi connectivity index (χ3v) is 4.95. The van der Waals surface area contributed by atoms with Gasteiger partial charge in [-0.3, -0.25) is 9.79 Å². The van der Waals surface area contributed by atoms with Gasteiger partial charge in [0.1, 0.15) is 5.82 Å². The molecule has 0 radical (unpaired) electrons. The zero-order valence-electron chi connectivity index (χ0n) is 14.6. The summed E-state index contributed by atoms with van der Waals surface area (Å²) in [6.07, 6.45) is 2.23. The number of guanidine groups is 1. The normalized spacial score (nSPS) is 23.3. The van der Waals surface area contributed by atoms with Gasteiger partial charge in [-0.05, 0) is 25.0 Å². The molecule has 2 aliphatic rings. The van der Waals surface area contributed by atoms with Crippen LogP contribution in [0.25, 0.3) is 0 Å². The molecule has 0 saturated carbocycles. The summed E-state index contributed by atoms with van der Waals surface area (Å²) >= 11 is 0. The average Bonchev–Trinajstić information content (AvgIpc) is 3.25. The standard InChI is InChI=1S/C18H25FN4O2/c1-20-17(23-10-6-18(12-23)7-11-25-13-18)22-9-8-21-16(24)14-4-2-3-5-15(14)19/h2-5H,6-13H2,1H3,(H,20,22)(H,21,24). The molecule has 0 aliphatic carbocycles. The summed E-state index contributed by atoms with van der Waals surface area (Å²) in [6.45, 7) is 4.53. The predicted octanol–water partition coefficient (Wildman–Crippen LogP) is 1.24. The van der Waals surface area contributed by atoms with E-state index in [-0.39, 0.29) is 11.0 Å². The molecule has 1 spiro atoms. The number of likely N-dealkylation sites (tertiary alicyclic amines) is 1. The summed E-state index contributed by atoms with van der Waals surface area (Å²) in [5.41, 5.74) is 0.339. The maximum absolute atomic E-state index is 13.6. The number of benzene rings is 1. The third kappa shape index (κ3) is 4.10. The van der Waals surface area contributed by atoms with Gasteiger partial charge in [0.2, 0.25) is 0 Å². The zero-order valence-corrected chi connectivity index (χ0v) is 14.6. The van der Waals surface area contributed by atoms with Gasteiger partial charge in [0, 0.05) is 45.2 Å². The lowest BCUT2D eigenvalue weighted by Crippen LogP contribution is -2.44. The van der Waals surface area contributed by atoms with Gasteiger partial charge in [0.25, 0.3) is 5.91 Å². The second-order valence-electron chi connectivity index (χ2n) is 6.68. The van der Waals surface area contributed by atoms with Crippen LogP contribution in [0, 0.1) is 11.2 Å². The first-order chi connectivity index (χ1) is 12.1. The highest BCUT2D eigenvalue weighted by Crippen LogP contribution is 2.38. The van der Waals surface area contributed by atoms with Crippen LogP contribution in [0.5, 0.6) is 0 Å². The third-order valence-electron chi connectivity index (χ3n) is 4.95. The quantitative estimate of drug-likeness (QED) is 0.488. The van der Waals surface area contributed by atoms with Gasteiger partial charge in [0.05, 0.1) is 12.2 Å². The van der Waals surface area contributed by atoms with Crippen molar-refractivity contribution in [3.05, 3.63) is 35.6 Å². The van der Waals surface area contributed by atoms with E-state index in [4.69, 9.17) is 4.74 Å². The summed E-state index contributed by atoms with van der Waals surface area (Å²) in [6, 6.07) is 5.97. The van der Waals surface area contributed by atoms with Crippen molar-refractivity contribution in [2.75, 3.05) is 46.4 Å². The van der Waals surface area contributed by atoms with E-state index in [1.54, 1.807) is 19.2 Å². The molecule has 1 unspecified atom stereocenters. The molecule has 1 aromatic rings. The van der Waals surface area contributed by atoms with E-state index < -0.39 is 11.7 Å². The van der Waals surface area contributed by atoms with Crippen molar-refractivity contribution in [3.63, 3.8) is 0 Å². The number of carbonyl (C=O) groups excluding carboxylic acids is 1. The molecule has 0 bridgehead atoms. The van der Waals surface area contributed by atoms with Crippen LogP contribution >= 0.6 is 0 Å². The van der Waals surface area contributed by atoms with Crippen molar-refractivity contribution >= 4 is 11.9 Å². The molecule has 25 heavy (non-hydrogen) atoms. The maximum atomic E-state index is 13.6. The van der Waals surface area contributed by atoms with Crippen LogP contribution < -0.4 is 10.6 Å². The molecule has 136 valence electrons. The lowest BCUT2D eigenvalue weighted by molar-refractivity contribution is 0.0950. The fraction of sp³-hybridized carbons (Fsp3) is 0.556. The summed E-state index contributed by atoms with van der Waals surface area (Å²) in [7, 11) is 1.76. The number of nitrogens with one attached hydrogen (secondary N) is 2. The fourth-order valence-electron chi connectivity index (χ4n) is 3.51. The van der Waals surface area contributed by atoms with E-state index in [1.165, 1.54) is 12.1 Å². The predicted molar refractivity (Wildman–Crippen MR) is 94.2 cm³/mol. The molecule has 0 aromatic heterocycles. The summed E-state index contributed by atoms with van der Waals surface area (Å²) in [5, 5.41) is 5.99. The molecule has 3 rings (SSSR count). The number of hydrogen-bond donors (Lipinski definition) is 2. The Balaban J connectivity index is 1.43. The molecule has 2 heterocycles. The molecular weight excluding hydrogens is 323 g/mol. The minimum Gasteiger partial charge on any atom is -0.381 e. The minimum atomic E-state index is -0.509. The van der Waals surface area contributed by atoms with Gasteiger partial charge >= 0.3 is 0 Å². The van der Waals surface area contributed by atoms with Gasteiger partial charge in [0.15, 0.2) is 5.96 Å². The van der Waals surface area contributed by atoms with Crippen molar-refractivity contribution in [1.82, 2.24) is 15.5 Å². The number of rotatable bonds is 4. The van der Waals surface area contributed by atoms with E-state index >= 15 is 0 Å². The average molecular weight is 348 g/mol. The number of ether oxygens (including phenoxy) is 1. The molecule has 2 saturated heterocycles. The molecule has 2 N–H and O–H groups in total. The zero-order chi connectivity index (χ0) is 17.7.